The number of allylic oxidation sites excluding steroid dienone is 1. The normalized spacial score (nSPS) is 11.9. The number of carbonyl (C=O) groups excluding carboxylic acids is 1. The Morgan fingerprint density at radius 2 is 1.69 bits per heavy atom. The second-order valence-electron chi connectivity index (χ2n) is 1.64. The molecule has 1 saturated heterocycles. The molecule has 76 valence electrons. The SMILES string of the molecule is C=CC.O=C(O)O.O=C1OCCO1. The van der Waals surface area contributed by atoms with Crippen LogP contribution in [0.5, 0.6) is 0 Å². The van der Waals surface area contributed by atoms with Crippen molar-refractivity contribution in [1.82, 2.24) is 0 Å². The van der Waals surface area contributed by atoms with E-state index < -0.39 is 12.3 Å². The van der Waals surface area contributed by atoms with Crippen LogP contribution in [0, 0.1) is 0 Å². The van der Waals surface area contributed by atoms with Crippen molar-refractivity contribution >= 4 is 12.3 Å². The van der Waals surface area contributed by atoms with Gasteiger partial charge < -0.3 is 19.7 Å². The summed E-state index contributed by atoms with van der Waals surface area (Å²) in [6.45, 7) is 6.08. The van der Waals surface area contributed by atoms with Gasteiger partial charge >= 0.3 is 12.3 Å². The summed E-state index contributed by atoms with van der Waals surface area (Å²) in [7, 11) is 0. The quantitative estimate of drug-likeness (QED) is 0.447. The lowest BCUT2D eigenvalue weighted by molar-refractivity contribution is 0.131. The third-order valence-electron chi connectivity index (χ3n) is 0.523. The number of ether oxygens (including phenoxy) is 2. The van der Waals surface area contributed by atoms with Gasteiger partial charge in [-0.3, -0.25) is 0 Å². The lowest BCUT2D eigenvalue weighted by atomic mass is 10.8. The molecule has 1 aliphatic rings. The summed E-state index contributed by atoms with van der Waals surface area (Å²) in [6.07, 6.45) is -0.630. The lowest BCUT2D eigenvalue weighted by Crippen LogP contribution is -1.88. The summed E-state index contributed by atoms with van der Waals surface area (Å²) < 4.78 is 8.58. The van der Waals surface area contributed by atoms with Crippen molar-refractivity contribution in [3.63, 3.8) is 0 Å². The fourth-order valence-corrected chi connectivity index (χ4v) is 0.292. The summed E-state index contributed by atoms with van der Waals surface area (Å²) in [6, 6.07) is 0. The smallest absolute Gasteiger partial charge is 0.450 e. The first-order valence-corrected chi connectivity index (χ1v) is 3.33. The molecular weight excluding hydrogens is 180 g/mol. The minimum atomic E-state index is -1.83. The molecule has 0 aliphatic carbocycles. The Hall–Kier alpha value is -1.72. The molecule has 2 N–H and O–H groups in total. The van der Waals surface area contributed by atoms with Crippen LogP contribution in [0.15, 0.2) is 12.7 Å². The van der Waals surface area contributed by atoms with Gasteiger partial charge in [0.25, 0.3) is 0 Å². The van der Waals surface area contributed by atoms with E-state index in [1.807, 2.05) is 6.92 Å². The molecule has 0 bridgehead atoms. The summed E-state index contributed by atoms with van der Waals surface area (Å²) in [5.41, 5.74) is 0. The highest BCUT2D eigenvalue weighted by Crippen LogP contribution is 1.92. The van der Waals surface area contributed by atoms with E-state index >= 15 is 0 Å². The monoisotopic (exact) mass is 192 g/mol. The summed E-state index contributed by atoms with van der Waals surface area (Å²) >= 11 is 0. The topological polar surface area (TPSA) is 93.1 Å². The molecule has 0 spiro atoms. The van der Waals surface area contributed by atoms with E-state index in [1.54, 1.807) is 6.08 Å². The summed E-state index contributed by atoms with van der Waals surface area (Å²) in [5.74, 6) is 0. The van der Waals surface area contributed by atoms with Gasteiger partial charge in [-0.25, -0.2) is 9.59 Å². The van der Waals surface area contributed by atoms with Crippen molar-refractivity contribution in [3.8, 4) is 0 Å². The molecule has 0 amide bonds. The first kappa shape index (κ1) is 13.8. The van der Waals surface area contributed by atoms with Crippen molar-refractivity contribution in [2.24, 2.45) is 0 Å². The van der Waals surface area contributed by atoms with Crippen molar-refractivity contribution in [2.75, 3.05) is 13.2 Å². The van der Waals surface area contributed by atoms with E-state index in [9.17, 15) is 4.79 Å². The minimum Gasteiger partial charge on any atom is -0.450 e. The number of carbonyl (C=O) groups is 2. The second-order valence-corrected chi connectivity index (χ2v) is 1.64. The Kier molecular flexibility index (Phi) is 10.9. The fourth-order valence-electron chi connectivity index (χ4n) is 0.292. The van der Waals surface area contributed by atoms with Crippen molar-refractivity contribution in [2.45, 2.75) is 6.92 Å². The van der Waals surface area contributed by atoms with Gasteiger partial charge in [-0.1, -0.05) is 6.08 Å². The van der Waals surface area contributed by atoms with Crippen molar-refractivity contribution in [1.29, 1.82) is 0 Å². The van der Waals surface area contributed by atoms with E-state index in [0.717, 1.165) is 0 Å². The van der Waals surface area contributed by atoms with Crippen LogP contribution in [0.2, 0.25) is 0 Å². The van der Waals surface area contributed by atoms with Crippen molar-refractivity contribution < 1.29 is 29.3 Å². The zero-order chi connectivity index (χ0) is 10.7. The number of hydrogen-bond donors (Lipinski definition) is 2. The lowest BCUT2D eigenvalue weighted by Gasteiger charge is -1.78. The largest absolute Gasteiger partial charge is 0.508 e. The Morgan fingerprint density at radius 3 is 1.77 bits per heavy atom. The molecule has 0 aromatic heterocycles. The zero-order valence-electron chi connectivity index (χ0n) is 7.23. The predicted octanol–water partition coefficient (Wildman–Crippen LogP) is 1.57. The molecule has 6 nitrogen and oxygen atoms in total. The predicted molar refractivity (Wildman–Crippen MR) is 43.8 cm³/mol. The summed E-state index contributed by atoms with van der Waals surface area (Å²) in [5, 5.41) is 13.9. The standard InChI is InChI=1S/C3H4O3.C3H6.CH2O3/c4-3-5-1-2-6-3;1-3-2;2-1(3)4/h1-2H2;3H,1H2,2H3;(H2,2,3,4). The van der Waals surface area contributed by atoms with Crippen LogP contribution < -0.4 is 0 Å². The van der Waals surface area contributed by atoms with E-state index in [1.165, 1.54) is 0 Å². The third-order valence-corrected chi connectivity index (χ3v) is 0.523. The molecule has 6 heteroatoms. The minimum absolute atomic E-state index is 0.416. The Bertz CT molecular complexity index is 152. The molecule has 0 atom stereocenters. The van der Waals surface area contributed by atoms with Gasteiger partial charge in [0.2, 0.25) is 0 Å². The van der Waals surface area contributed by atoms with Gasteiger partial charge in [-0.2, -0.15) is 0 Å². The maximum atomic E-state index is 9.80. The van der Waals surface area contributed by atoms with Crippen molar-refractivity contribution in [3.05, 3.63) is 12.7 Å². The van der Waals surface area contributed by atoms with Crippen LogP contribution in [0.1, 0.15) is 6.92 Å². The van der Waals surface area contributed by atoms with E-state index in [-0.39, 0.29) is 0 Å². The van der Waals surface area contributed by atoms with E-state index in [2.05, 4.69) is 16.1 Å². The van der Waals surface area contributed by atoms with Gasteiger partial charge in [0, 0.05) is 0 Å². The number of hydrogen-bond acceptors (Lipinski definition) is 4. The highest BCUT2D eigenvalue weighted by molar-refractivity contribution is 5.61. The maximum Gasteiger partial charge on any atom is 0.508 e. The van der Waals surface area contributed by atoms with Gasteiger partial charge in [0.1, 0.15) is 13.2 Å². The van der Waals surface area contributed by atoms with Gasteiger partial charge in [0.05, 0.1) is 0 Å². The second kappa shape index (κ2) is 10.3. The molecule has 13 heavy (non-hydrogen) atoms. The first-order valence-electron chi connectivity index (χ1n) is 3.33. The van der Waals surface area contributed by atoms with Crippen LogP contribution in [-0.2, 0) is 9.47 Å². The molecule has 0 saturated carbocycles. The molecule has 1 aliphatic heterocycles. The van der Waals surface area contributed by atoms with Crippen LogP contribution in [0.4, 0.5) is 9.59 Å². The van der Waals surface area contributed by atoms with Crippen LogP contribution in [0.25, 0.3) is 0 Å². The Balaban J connectivity index is 0. The third kappa shape index (κ3) is 25.3. The van der Waals surface area contributed by atoms with Gasteiger partial charge in [0.15, 0.2) is 0 Å². The molecule has 1 heterocycles. The molecular formula is C7H12O6. The van der Waals surface area contributed by atoms with E-state index in [4.69, 9.17) is 15.0 Å². The Labute approximate surface area is 75.4 Å². The fraction of sp³-hybridized carbons (Fsp3) is 0.429. The molecule has 0 aromatic rings. The number of rotatable bonds is 0. The van der Waals surface area contributed by atoms with Crippen LogP contribution in [-0.4, -0.2) is 35.7 Å². The molecule has 0 unspecified atom stereocenters. The van der Waals surface area contributed by atoms with Crippen LogP contribution in [0.3, 0.4) is 0 Å². The first-order chi connectivity index (χ1) is 6.04. The molecule has 1 rings (SSSR count). The van der Waals surface area contributed by atoms with Gasteiger partial charge in [-0.05, 0) is 6.92 Å². The molecule has 0 radical (unpaired) electrons. The highest BCUT2D eigenvalue weighted by atomic mass is 16.8. The van der Waals surface area contributed by atoms with Crippen LogP contribution >= 0.6 is 0 Å². The highest BCUT2D eigenvalue weighted by Gasteiger charge is 2.09. The Morgan fingerprint density at radius 1 is 1.46 bits per heavy atom. The number of cyclic esters (lactones) is 2. The zero-order valence-corrected chi connectivity index (χ0v) is 7.23. The average Bonchev–Trinajstić information content (AvgIpc) is 2.39. The molecule has 0 aromatic carbocycles. The summed E-state index contributed by atoms with van der Waals surface area (Å²) in [4.78, 5) is 18.4. The number of carboxylic acid groups (broad SMARTS) is 2. The molecule has 1 fully saturated rings. The maximum absolute atomic E-state index is 9.80. The average molecular weight is 192 g/mol. The van der Waals surface area contributed by atoms with Gasteiger partial charge in [-0.15, -0.1) is 6.58 Å². The van der Waals surface area contributed by atoms with E-state index in [0.29, 0.717) is 13.2 Å².